The van der Waals surface area contributed by atoms with Crippen LogP contribution >= 0.6 is 23.4 Å². The molecule has 154 valence electrons. The fourth-order valence-corrected chi connectivity index (χ4v) is 4.16. The molecule has 0 aliphatic carbocycles. The maximum absolute atomic E-state index is 13.0. The van der Waals surface area contributed by atoms with E-state index in [2.05, 4.69) is 15.4 Å². The van der Waals surface area contributed by atoms with Crippen LogP contribution in [0.2, 0.25) is 5.02 Å². The van der Waals surface area contributed by atoms with Gasteiger partial charge in [-0.25, -0.2) is 9.67 Å². The molecule has 1 aromatic carbocycles. The summed E-state index contributed by atoms with van der Waals surface area (Å²) in [6.07, 6.45) is 1.65. The highest BCUT2D eigenvalue weighted by Crippen LogP contribution is 2.27. The van der Waals surface area contributed by atoms with Crippen molar-refractivity contribution in [1.82, 2.24) is 19.3 Å². The highest BCUT2D eigenvalue weighted by Gasteiger charge is 2.22. The maximum atomic E-state index is 13.0. The molecule has 3 rings (SSSR count). The Bertz CT molecular complexity index is 1110. The molecular formula is C20H24ClN5O2S. The molecule has 0 bridgehead atoms. The summed E-state index contributed by atoms with van der Waals surface area (Å²) in [5, 5.41) is 8.16. The molecule has 7 nitrogen and oxygen atoms in total. The van der Waals surface area contributed by atoms with Crippen molar-refractivity contribution in [1.29, 1.82) is 0 Å². The molecular weight excluding hydrogens is 410 g/mol. The zero-order valence-corrected chi connectivity index (χ0v) is 18.6. The average molecular weight is 434 g/mol. The fraction of sp³-hybridized carbons (Fsp3) is 0.400. The monoisotopic (exact) mass is 433 g/mol. The van der Waals surface area contributed by atoms with E-state index < -0.39 is 5.25 Å². The maximum Gasteiger partial charge on any atom is 0.262 e. The minimum atomic E-state index is -0.473. The Morgan fingerprint density at radius 2 is 1.86 bits per heavy atom. The number of nitrogens with zero attached hydrogens (tertiary/aromatic N) is 4. The van der Waals surface area contributed by atoms with Gasteiger partial charge in [-0.2, -0.15) is 5.10 Å². The molecule has 0 unspecified atom stereocenters. The van der Waals surface area contributed by atoms with Gasteiger partial charge in [-0.3, -0.25) is 14.2 Å². The first kappa shape index (κ1) is 21.4. The zero-order chi connectivity index (χ0) is 21.3. The second-order valence-electron chi connectivity index (χ2n) is 7.33. The number of hydrogen-bond donors (Lipinski definition) is 1. The van der Waals surface area contributed by atoms with Crippen molar-refractivity contribution in [3.63, 3.8) is 0 Å². The summed E-state index contributed by atoms with van der Waals surface area (Å²) in [6, 6.07) is 6.81. The standard InChI is InChI=1S/C20H24ClN5O2S/c1-11(2)25-19(28)15-7-6-14(21)10-16(15)23-20(25)29-13(5)18(27)24-17-8-9-22-26(17)12(3)4/h6-13H,1-5H3,(H,24,27)/t13-/m1/s1. The first-order valence-corrected chi connectivity index (χ1v) is 10.7. The number of thioether (sulfide) groups is 1. The van der Waals surface area contributed by atoms with Crippen LogP contribution in [0.3, 0.4) is 0 Å². The predicted molar refractivity (Wildman–Crippen MR) is 118 cm³/mol. The summed E-state index contributed by atoms with van der Waals surface area (Å²) < 4.78 is 3.36. The molecule has 0 aliphatic rings. The zero-order valence-electron chi connectivity index (χ0n) is 17.0. The van der Waals surface area contributed by atoms with Gasteiger partial charge in [-0.05, 0) is 52.8 Å². The molecule has 0 aliphatic heterocycles. The lowest BCUT2D eigenvalue weighted by molar-refractivity contribution is -0.115. The van der Waals surface area contributed by atoms with Crippen molar-refractivity contribution < 1.29 is 4.79 Å². The van der Waals surface area contributed by atoms with Crippen LogP contribution in [-0.2, 0) is 4.79 Å². The van der Waals surface area contributed by atoms with Gasteiger partial charge >= 0.3 is 0 Å². The Morgan fingerprint density at radius 3 is 2.52 bits per heavy atom. The lowest BCUT2D eigenvalue weighted by Gasteiger charge is -2.19. The number of benzene rings is 1. The molecule has 0 saturated heterocycles. The molecule has 1 amide bonds. The van der Waals surface area contributed by atoms with Gasteiger partial charge in [0.05, 0.1) is 22.3 Å². The van der Waals surface area contributed by atoms with Crippen LogP contribution in [0.1, 0.15) is 46.7 Å². The van der Waals surface area contributed by atoms with Gasteiger partial charge < -0.3 is 5.32 Å². The lowest BCUT2D eigenvalue weighted by Crippen LogP contribution is -2.28. The normalized spacial score (nSPS) is 12.7. The first-order chi connectivity index (χ1) is 13.7. The van der Waals surface area contributed by atoms with Gasteiger partial charge in [0.15, 0.2) is 5.16 Å². The second-order valence-corrected chi connectivity index (χ2v) is 9.07. The number of amides is 1. The summed E-state index contributed by atoms with van der Waals surface area (Å²) in [5.41, 5.74) is 0.377. The van der Waals surface area contributed by atoms with Crippen molar-refractivity contribution in [3.8, 4) is 0 Å². The molecule has 1 atom stereocenters. The average Bonchev–Trinajstić information content (AvgIpc) is 3.09. The number of hydrogen-bond acceptors (Lipinski definition) is 5. The molecule has 0 radical (unpaired) electrons. The molecule has 2 heterocycles. The number of carbonyl (C=O) groups excluding carboxylic acids is 1. The van der Waals surface area contributed by atoms with Crippen molar-refractivity contribution >= 4 is 46.0 Å². The molecule has 3 aromatic rings. The highest BCUT2D eigenvalue weighted by atomic mass is 35.5. The van der Waals surface area contributed by atoms with Gasteiger partial charge in [-0.1, -0.05) is 23.4 Å². The summed E-state index contributed by atoms with van der Waals surface area (Å²) in [6.45, 7) is 9.61. The van der Waals surface area contributed by atoms with Crippen LogP contribution in [0.15, 0.2) is 40.4 Å². The van der Waals surface area contributed by atoms with E-state index in [9.17, 15) is 9.59 Å². The lowest BCUT2D eigenvalue weighted by atomic mass is 10.2. The van der Waals surface area contributed by atoms with Crippen LogP contribution < -0.4 is 10.9 Å². The summed E-state index contributed by atoms with van der Waals surface area (Å²) in [7, 11) is 0. The number of halogens is 1. The van der Waals surface area contributed by atoms with Gasteiger partial charge in [0.1, 0.15) is 5.82 Å². The van der Waals surface area contributed by atoms with E-state index in [0.29, 0.717) is 26.9 Å². The molecule has 1 N–H and O–H groups in total. The smallest absolute Gasteiger partial charge is 0.262 e. The molecule has 9 heteroatoms. The molecule has 0 saturated carbocycles. The topological polar surface area (TPSA) is 81.8 Å². The Hall–Kier alpha value is -2.32. The summed E-state index contributed by atoms with van der Waals surface area (Å²) in [5.74, 6) is 0.449. The highest BCUT2D eigenvalue weighted by molar-refractivity contribution is 8.00. The largest absolute Gasteiger partial charge is 0.310 e. The Morgan fingerprint density at radius 1 is 1.14 bits per heavy atom. The second kappa shape index (κ2) is 8.59. The minimum absolute atomic E-state index is 0.102. The molecule has 0 spiro atoms. The van der Waals surface area contributed by atoms with Crippen LogP contribution in [0.5, 0.6) is 0 Å². The van der Waals surface area contributed by atoms with Crippen LogP contribution in [0.4, 0.5) is 5.82 Å². The van der Waals surface area contributed by atoms with Gasteiger partial charge in [-0.15, -0.1) is 0 Å². The third-order valence-electron chi connectivity index (χ3n) is 4.41. The van der Waals surface area contributed by atoms with Crippen molar-refractivity contribution in [3.05, 3.63) is 45.8 Å². The Balaban J connectivity index is 1.92. The fourth-order valence-electron chi connectivity index (χ4n) is 2.95. The van der Waals surface area contributed by atoms with Crippen molar-refractivity contribution in [2.45, 2.75) is 57.1 Å². The number of aromatic nitrogens is 4. The van der Waals surface area contributed by atoms with Gasteiger partial charge in [0.2, 0.25) is 5.91 Å². The Labute approximate surface area is 178 Å². The third kappa shape index (κ3) is 4.48. The molecule has 2 aromatic heterocycles. The van der Waals surface area contributed by atoms with Crippen LogP contribution in [-0.4, -0.2) is 30.5 Å². The van der Waals surface area contributed by atoms with E-state index in [1.54, 1.807) is 46.6 Å². The third-order valence-corrected chi connectivity index (χ3v) is 5.71. The first-order valence-electron chi connectivity index (χ1n) is 9.42. The van der Waals surface area contributed by atoms with Crippen LogP contribution in [0, 0.1) is 0 Å². The van der Waals surface area contributed by atoms with Gasteiger partial charge in [0.25, 0.3) is 5.56 Å². The number of rotatable bonds is 6. The summed E-state index contributed by atoms with van der Waals surface area (Å²) in [4.78, 5) is 30.4. The Kier molecular flexibility index (Phi) is 6.33. The molecule has 29 heavy (non-hydrogen) atoms. The van der Waals surface area contributed by atoms with E-state index >= 15 is 0 Å². The predicted octanol–water partition coefficient (Wildman–Crippen LogP) is 4.53. The number of nitrogens with one attached hydrogen (secondary N) is 1. The van der Waals surface area contributed by atoms with E-state index in [1.807, 2.05) is 27.7 Å². The SMILES string of the molecule is CC(C)n1nccc1NC(=O)[C@@H](C)Sc1nc2cc(Cl)ccc2c(=O)n1C(C)C. The van der Waals surface area contributed by atoms with Crippen LogP contribution in [0.25, 0.3) is 10.9 Å². The summed E-state index contributed by atoms with van der Waals surface area (Å²) >= 11 is 7.32. The van der Waals surface area contributed by atoms with Gasteiger partial charge in [0, 0.05) is 23.2 Å². The number of fused-ring (bicyclic) bond motifs is 1. The quantitative estimate of drug-likeness (QED) is 0.456. The van der Waals surface area contributed by atoms with E-state index in [-0.39, 0.29) is 23.6 Å². The minimum Gasteiger partial charge on any atom is -0.310 e. The van der Waals surface area contributed by atoms with E-state index in [1.165, 1.54) is 11.8 Å². The number of anilines is 1. The van der Waals surface area contributed by atoms with E-state index in [4.69, 9.17) is 11.6 Å². The number of carbonyl (C=O) groups is 1. The van der Waals surface area contributed by atoms with Crippen molar-refractivity contribution in [2.24, 2.45) is 0 Å². The van der Waals surface area contributed by atoms with Crippen molar-refractivity contribution in [2.75, 3.05) is 5.32 Å². The molecule has 0 fully saturated rings. The van der Waals surface area contributed by atoms with E-state index in [0.717, 1.165) is 0 Å².